The predicted octanol–water partition coefficient (Wildman–Crippen LogP) is 3.04. The Hall–Kier alpha value is -2.96. The van der Waals surface area contributed by atoms with Crippen LogP contribution in [0.1, 0.15) is 38.8 Å². The second-order valence-electron chi connectivity index (χ2n) is 7.12. The molecule has 3 N–H and O–H groups in total. The van der Waals surface area contributed by atoms with E-state index in [0.29, 0.717) is 0 Å². The molecule has 1 aromatic rings. The maximum absolute atomic E-state index is 14.6. The summed E-state index contributed by atoms with van der Waals surface area (Å²) >= 11 is 0. The largest absolute Gasteiger partial charge is 0.447 e. The molecule has 0 radical (unpaired) electrons. The van der Waals surface area contributed by atoms with Crippen LogP contribution < -0.4 is 11.1 Å². The Morgan fingerprint density at radius 2 is 2.07 bits per heavy atom. The van der Waals surface area contributed by atoms with E-state index in [0.717, 1.165) is 19.1 Å². The topological polar surface area (TPSA) is 110 Å². The third-order valence-electron chi connectivity index (χ3n) is 3.80. The molecule has 0 aliphatic carbocycles. The molecule has 7 nitrogen and oxygen atoms in total. The highest BCUT2D eigenvalue weighted by Crippen LogP contribution is 2.45. The molecule has 1 atom stereocenters. The van der Waals surface area contributed by atoms with Gasteiger partial charge < -0.3 is 15.2 Å². The number of halogens is 3. The maximum Gasteiger partial charge on any atom is 0.415 e. The Bertz CT molecular complexity index is 843. The highest BCUT2D eigenvalue weighted by molar-refractivity contribution is 5.91. The van der Waals surface area contributed by atoms with Crippen molar-refractivity contribution in [3.05, 3.63) is 29.1 Å². The van der Waals surface area contributed by atoms with E-state index in [1.165, 1.54) is 0 Å². The van der Waals surface area contributed by atoms with Crippen LogP contribution in [0.4, 0.5) is 23.7 Å². The lowest BCUT2D eigenvalue weighted by molar-refractivity contribution is -0.174. The average Bonchev–Trinajstić information content (AvgIpc) is 2.51. The number of carbonyl (C=O) groups excluding carboxylic acids is 1. The minimum atomic E-state index is -3.62. The number of amides is 1. The Balaban J connectivity index is 2.38. The van der Waals surface area contributed by atoms with Crippen LogP contribution in [0.5, 0.6) is 0 Å². The minimum absolute atomic E-state index is 0.182. The number of carbonyl (C=O) groups is 1. The molecule has 1 aliphatic heterocycles. The van der Waals surface area contributed by atoms with Gasteiger partial charge in [-0.05, 0) is 39.8 Å². The lowest BCUT2D eigenvalue weighted by atomic mass is 9.86. The molecule has 1 heterocycles. The highest BCUT2D eigenvalue weighted by atomic mass is 19.3. The van der Waals surface area contributed by atoms with Crippen molar-refractivity contribution >= 4 is 17.8 Å². The lowest BCUT2D eigenvalue weighted by Gasteiger charge is -2.40. The number of nitrogens with two attached hydrogens (primary N) is 1. The number of ether oxygens (including phenoxy) is 2. The van der Waals surface area contributed by atoms with Gasteiger partial charge in [-0.15, -0.1) is 0 Å². The number of rotatable bonds is 1. The van der Waals surface area contributed by atoms with Gasteiger partial charge in [0.15, 0.2) is 0 Å². The molecule has 1 aromatic carbocycles. The number of benzene rings is 1. The first-order valence-electron chi connectivity index (χ1n) is 7.90. The van der Waals surface area contributed by atoms with E-state index in [-0.39, 0.29) is 11.3 Å². The molecular weight excluding hydrogens is 365 g/mol. The zero-order valence-electron chi connectivity index (χ0n) is 15.2. The predicted molar refractivity (Wildman–Crippen MR) is 90.6 cm³/mol. The molecule has 2 rings (SSSR count). The summed E-state index contributed by atoms with van der Waals surface area (Å²) in [6.07, 6.45) is -0.964. The van der Waals surface area contributed by atoms with Gasteiger partial charge in [0.1, 0.15) is 24.0 Å². The summed E-state index contributed by atoms with van der Waals surface area (Å²) in [6, 6.07) is 2.79. The van der Waals surface area contributed by atoms with Crippen LogP contribution in [0.3, 0.4) is 0 Å². The number of alkyl halides is 2. The number of amidine groups is 1. The summed E-state index contributed by atoms with van der Waals surface area (Å²) in [5.41, 5.74) is 1.33. The molecule has 1 aliphatic rings. The second kappa shape index (κ2) is 6.64. The Labute approximate surface area is 154 Å². The molecule has 0 fully saturated rings. The standard InChI is InChI=1S/C17H19F3N4O3/c1-15(2,3)27-14(25)24-13-23-8-17(19,20)16(4,26-13)10-6-12(22)9(7-21)5-11(10)18/h5-6H,8,22H2,1-4H3,(H,23,24,25)/t16-/m1/s1. The fraction of sp³-hybridized carbons (Fsp3) is 0.471. The van der Waals surface area contributed by atoms with Crippen molar-refractivity contribution in [3.8, 4) is 6.07 Å². The third-order valence-corrected chi connectivity index (χ3v) is 3.80. The molecule has 0 unspecified atom stereocenters. The summed E-state index contributed by atoms with van der Waals surface area (Å²) in [7, 11) is 0. The smallest absolute Gasteiger partial charge is 0.415 e. The van der Waals surface area contributed by atoms with Crippen LogP contribution >= 0.6 is 0 Å². The van der Waals surface area contributed by atoms with Crippen molar-refractivity contribution < 1.29 is 27.4 Å². The lowest BCUT2D eigenvalue weighted by Crippen LogP contribution is -2.55. The Kier molecular flexibility index (Phi) is 5.01. The maximum atomic E-state index is 14.6. The van der Waals surface area contributed by atoms with Gasteiger partial charge in [0.25, 0.3) is 6.02 Å². The molecule has 10 heteroatoms. The zero-order chi connectivity index (χ0) is 20.6. The van der Waals surface area contributed by atoms with Crippen LogP contribution in [0.25, 0.3) is 0 Å². The monoisotopic (exact) mass is 384 g/mol. The van der Waals surface area contributed by atoms with Crippen molar-refractivity contribution in [2.75, 3.05) is 12.3 Å². The fourth-order valence-electron chi connectivity index (χ4n) is 2.38. The van der Waals surface area contributed by atoms with Crippen molar-refractivity contribution in [1.82, 2.24) is 5.32 Å². The first-order valence-corrected chi connectivity index (χ1v) is 7.90. The van der Waals surface area contributed by atoms with Crippen LogP contribution in [0, 0.1) is 17.1 Å². The summed E-state index contributed by atoms with van der Waals surface area (Å²) < 4.78 is 53.8. The molecule has 0 saturated carbocycles. The number of nitriles is 1. The summed E-state index contributed by atoms with van der Waals surface area (Å²) in [5, 5.41) is 11.0. The number of aliphatic imine (C=N–C) groups is 1. The number of nitrogens with one attached hydrogen (secondary N) is 1. The van der Waals surface area contributed by atoms with Crippen molar-refractivity contribution in [2.45, 2.75) is 44.8 Å². The summed E-state index contributed by atoms with van der Waals surface area (Å²) in [6.45, 7) is 4.73. The Morgan fingerprint density at radius 1 is 1.44 bits per heavy atom. The number of hydrogen-bond acceptors (Lipinski definition) is 6. The molecule has 27 heavy (non-hydrogen) atoms. The van der Waals surface area contributed by atoms with Crippen molar-refractivity contribution in [2.24, 2.45) is 4.99 Å². The second-order valence-corrected chi connectivity index (χ2v) is 7.12. The quantitative estimate of drug-likeness (QED) is 0.723. The van der Waals surface area contributed by atoms with Crippen molar-refractivity contribution in [1.29, 1.82) is 5.26 Å². The van der Waals surface area contributed by atoms with E-state index in [9.17, 15) is 18.0 Å². The van der Waals surface area contributed by atoms with E-state index >= 15 is 0 Å². The van der Waals surface area contributed by atoms with Crippen LogP contribution in [-0.2, 0) is 15.1 Å². The van der Waals surface area contributed by atoms with Crippen LogP contribution in [0.2, 0.25) is 0 Å². The molecular formula is C17H19F3N4O3. The van der Waals surface area contributed by atoms with Gasteiger partial charge in [-0.2, -0.15) is 14.0 Å². The number of hydrogen-bond donors (Lipinski definition) is 2. The highest BCUT2D eigenvalue weighted by Gasteiger charge is 2.58. The molecule has 0 saturated heterocycles. The Morgan fingerprint density at radius 3 is 2.63 bits per heavy atom. The SMILES string of the molecule is CC(C)(C)OC(=O)NC1=NCC(F)(F)[C@@](C)(c2cc(N)c(C#N)cc2F)O1. The normalized spacial score (nSPS) is 21.5. The zero-order valence-corrected chi connectivity index (χ0v) is 15.2. The van der Waals surface area contributed by atoms with Gasteiger partial charge in [-0.3, -0.25) is 0 Å². The van der Waals surface area contributed by atoms with Gasteiger partial charge in [-0.25, -0.2) is 19.5 Å². The van der Waals surface area contributed by atoms with Gasteiger partial charge in [-0.1, -0.05) is 0 Å². The third kappa shape index (κ3) is 4.07. The van der Waals surface area contributed by atoms with Gasteiger partial charge in [0.2, 0.25) is 5.60 Å². The van der Waals surface area contributed by atoms with Crippen molar-refractivity contribution in [3.63, 3.8) is 0 Å². The van der Waals surface area contributed by atoms with Crippen LogP contribution in [-0.4, -0.2) is 30.2 Å². The molecule has 0 bridgehead atoms. The molecule has 0 aromatic heterocycles. The first-order chi connectivity index (χ1) is 12.3. The first kappa shape index (κ1) is 20.4. The molecule has 1 amide bonds. The average molecular weight is 384 g/mol. The van der Waals surface area contributed by atoms with Gasteiger partial charge in [0.05, 0.1) is 11.3 Å². The number of anilines is 1. The molecule has 146 valence electrons. The van der Waals surface area contributed by atoms with Gasteiger partial charge in [0, 0.05) is 5.56 Å². The minimum Gasteiger partial charge on any atom is -0.447 e. The number of alkyl carbamates (subject to hydrolysis) is 1. The molecule has 0 spiro atoms. The van der Waals surface area contributed by atoms with Gasteiger partial charge >= 0.3 is 12.0 Å². The van der Waals surface area contributed by atoms with E-state index in [2.05, 4.69) is 10.3 Å². The van der Waals surface area contributed by atoms with E-state index in [1.807, 2.05) is 0 Å². The van der Waals surface area contributed by atoms with E-state index in [1.54, 1.807) is 26.8 Å². The number of nitrogens with zero attached hydrogens (tertiary/aromatic N) is 2. The van der Waals surface area contributed by atoms with E-state index < -0.39 is 47.2 Å². The number of nitrogen functional groups attached to an aromatic ring is 1. The fourth-order valence-corrected chi connectivity index (χ4v) is 2.38. The summed E-state index contributed by atoms with van der Waals surface area (Å²) in [5.74, 6) is -4.71. The van der Waals surface area contributed by atoms with E-state index in [4.69, 9.17) is 20.5 Å². The van der Waals surface area contributed by atoms with Crippen LogP contribution in [0.15, 0.2) is 17.1 Å². The summed E-state index contributed by atoms with van der Waals surface area (Å²) in [4.78, 5) is 15.3.